The van der Waals surface area contributed by atoms with E-state index in [9.17, 15) is 4.79 Å². The summed E-state index contributed by atoms with van der Waals surface area (Å²) in [5.41, 5.74) is 0.395. The summed E-state index contributed by atoms with van der Waals surface area (Å²) in [6, 6.07) is 0. The highest BCUT2D eigenvalue weighted by Gasteiger charge is 2.13. The lowest BCUT2D eigenvalue weighted by Gasteiger charge is -2.09. The molecule has 0 saturated heterocycles. The molecule has 4 heteroatoms. The van der Waals surface area contributed by atoms with Crippen molar-refractivity contribution in [2.45, 2.75) is 27.2 Å². The molecule has 0 N–H and O–H groups in total. The molecule has 0 aromatic carbocycles. The fourth-order valence-electron chi connectivity index (χ4n) is 0.723. The van der Waals surface area contributed by atoms with Crippen molar-refractivity contribution < 1.29 is 14.3 Å². The number of thiocarbonyl (C=S) groups is 1. The first-order valence-corrected chi connectivity index (χ1v) is 5.41. The summed E-state index contributed by atoms with van der Waals surface area (Å²) >= 11 is 4.89. The Morgan fingerprint density at radius 2 is 2.07 bits per heavy atom. The van der Waals surface area contributed by atoms with Crippen molar-refractivity contribution in [3.63, 3.8) is 0 Å². The molecule has 0 aliphatic rings. The summed E-state index contributed by atoms with van der Waals surface area (Å²) in [6.07, 6.45) is 0.480. The molecule has 86 valence electrons. The largest absolute Gasteiger partial charge is 0.416 e. The third kappa shape index (κ3) is 6.36. The summed E-state index contributed by atoms with van der Waals surface area (Å²) in [5.74, 6) is -0.392. The van der Waals surface area contributed by atoms with Crippen LogP contribution in [0.1, 0.15) is 27.2 Å². The summed E-state index contributed by atoms with van der Waals surface area (Å²) in [4.78, 5) is 11.4. The van der Waals surface area contributed by atoms with Crippen LogP contribution in [0.2, 0.25) is 0 Å². The lowest BCUT2D eigenvalue weighted by atomic mass is 10.2. The first kappa shape index (κ1) is 14.3. The number of esters is 1. The molecule has 0 amide bonds. The van der Waals surface area contributed by atoms with E-state index in [4.69, 9.17) is 21.7 Å². The van der Waals surface area contributed by atoms with E-state index in [1.807, 2.05) is 20.8 Å². The number of carbonyl (C=O) groups excluding carboxylic acids is 1. The van der Waals surface area contributed by atoms with Gasteiger partial charge in [-0.1, -0.05) is 20.4 Å². The Kier molecular flexibility index (Phi) is 7.17. The molecule has 0 rings (SSSR count). The third-order valence-electron chi connectivity index (χ3n) is 1.71. The Labute approximate surface area is 96.4 Å². The van der Waals surface area contributed by atoms with Crippen LogP contribution in [-0.4, -0.2) is 24.2 Å². The number of rotatable bonds is 6. The number of ether oxygens (including phenoxy) is 2. The summed E-state index contributed by atoms with van der Waals surface area (Å²) in [7, 11) is 0. The molecule has 0 atom stereocenters. The first-order chi connectivity index (χ1) is 6.99. The first-order valence-electron chi connectivity index (χ1n) is 5.00. The van der Waals surface area contributed by atoms with Gasteiger partial charge in [0.25, 0.3) is 0 Å². The van der Waals surface area contributed by atoms with Gasteiger partial charge in [-0.3, -0.25) is 0 Å². The van der Waals surface area contributed by atoms with Gasteiger partial charge in [-0.25, -0.2) is 4.79 Å². The second kappa shape index (κ2) is 7.54. The Balaban J connectivity index is 3.89. The van der Waals surface area contributed by atoms with E-state index in [1.165, 1.54) is 0 Å². The quantitative estimate of drug-likeness (QED) is 0.304. The van der Waals surface area contributed by atoms with Crippen molar-refractivity contribution in [3.05, 3.63) is 12.2 Å². The van der Waals surface area contributed by atoms with Crippen molar-refractivity contribution in [3.8, 4) is 0 Å². The van der Waals surface area contributed by atoms with Crippen LogP contribution in [0.5, 0.6) is 0 Å². The summed E-state index contributed by atoms with van der Waals surface area (Å²) in [5, 5.41) is 0.303. The molecule has 0 fully saturated rings. The van der Waals surface area contributed by atoms with Gasteiger partial charge in [0.2, 0.25) is 0 Å². The monoisotopic (exact) mass is 230 g/mol. The lowest BCUT2D eigenvalue weighted by molar-refractivity contribution is -0.131. The molecule has 0 aromatic rings. The van der Waals surface area contributed by atoms with Crippen LogP contribution in [0.25, 0.3) is 0 Å². The van der Waals surface area contributed by atoms with E-state index in [1.54, 1.807) is 0 Å². The predicted molar refractivity (Wildman–Crippen MR) is 63.8 cm³/mol. The zero-order valence-electron chi connectivity index (χ0n) is 9.54. The van der Waals surface area contributed by atoms with Crippen molar-refractivity contribution in [2.75, 3.05) is 13.2 Å². The fraction of sp³-hybridized carbons (Fsp3) is 0.636. The summed E-state index contributed by atoms with van der Waals surface area (Å²) in [6.45, 7) is 10.4. The molecule has 0 spiro atoms. The lowest BCUT2D eigenvalue weighted by Crippen LogP contribution is -2.17. The highest BCUT2D eigenvalue weighted by atomic mass is 32.1. The van der Waals surface area contributed by atoms with Gasteiger partial charge < -0.3 is 9.47 Å². The van der Waals surface area contributed by atoms with Gasteiger partial charge in [-0.05, 0) is 19.1 Å². The Morgan fingerprint density at radius 3 is 2.53 bits per heavy atom. The van der Waals surface area contributed by atoms with Crippen molar-refractivity contribution in [2.24, 2.45) is 5.92 Å². The van der Waals surface area contributed by atoms with Crippen LogP contribution in [0.4, 0.5) is 0 Å². The topological polar surface area (TPSA) is 35.5 Å². The zero-order chi connectivity index (χ0) is 11.8. The average molecular weight is 230 g/mol. The molecule has 0 heterocycles. The Bertz CT molecular complexity index is 246. The summed E-state index contributed by atoms with van der Waals surface area (Å²) < 4.78 is 10.0. The standard InChI is InChI=1S/C11H18O3S/c1-5-13-7-6-9(4)10(12)14-11(15)8(2)3/h8H,4-7H2,1-3H3. The van der Waals surface area contributed by atoms with Gasteiger partial charge in [0.15, 0.2) is 5.05 Å². The van der Waals surface area contributed by atoms with Crippen molar-refractivity contribution in [1.29, 1.82) is 0 Å². The highest BCUT2D eigenvalue weighted by molar-refractivity contribution is 7.80. The molecule has 0 bridgehead atoms. The maximum atomic E-state index is 11.4. The Morgan fingerprint density at radius 1 is 1.47 bits per heavy atom. The number of hydrogen-bond donors (Lipinski definition) is 0. The van der Waals surface area contributed by atoms with Crippen LogP contribution in [0, 0.1) is 5.92 Å². The normalized spacial score (nSPS) is 10.1. The molecule has 0 radical (unpaired) electrons. The average Bonchev–Trinajstić information content (AvgIpc) is 2.17. The molecule has 15 heavy (non-hydrogen) atoms. The molecule has 0 aromatic heterocycles. The van der Waals surface area contributed by atoms with Crippen LogP contribution in [-0.2, 0) is 14.3 Å². The van der Waals surface area contributed by atoms with Crippen LogP contribution in [0.3, 0.4) is 0 Å². The van der Waals surface area contributed by atoms with Gasteiger partial charge in [-0.15, -0.1) is 0 Å². The SMILES string of the molecule is C=C(CCOCC)C(=O)OC(=S)C(C)C. The number of carbonyl (C=O) groups is 1. The predicted octanol–water partition coefficient (Wildman–Crippen LogP) is 2.50. The molecule has 0 saturated carbocycles. The third-order valence-corrected chi connectivity index (χ3v) is 2.26. The maximum absolute atomic E-state index is 11.4. The minimum Gasteiger partial charge on any atom is -0.416 e. The smallest absolute Gasteiger partial charge is 0.339 e. The van der Waals surface area contributed by atoms with Crippen LogP contribution in [0.15, 0.2) is 12.2 Å². The highest BCUT2D eigenvalue weighted by Crippen LogP contribution is 2.06. The van der Waals surface area contributed by atoms with E-state index in [-0.39, 0.29) is 5.92 Å². The molecular formula is C11H18O3S. The molecular weight excluding hydrogens is 212 g/mol. The van der Waals surface area contributed by atoms with Gasteiger partial charge in [-0.2, -0.15) is 0 Å². The Hall–Kier alpha value is -0.740. The molecule has 3 nitrogen and oxygen atoms in total. The van der Waals surface area contributed by atoms with Crippen LogP contribution < -0.4 is 0 Å². The van der Waals surface area contributed by atoms with E-state index < -0.39 is 5.97 Å². The maximum Gasteiger partial charge on any atom is 0.339 e. The fourth-order valence-corrected chi connectivity index (χ4v) is 0.799. The molecule has 0 unspecified atom stereocenters. The molecule has 0 aliphatic carbocycles. The second-order valence-electron chi connectivity index (χ2n) is 3.41. The van der Waals surface area contributed by atoms with Crippen LogP contribution >= 0.6 is 12.2 Å². The van der Waals surface area contributed by atoms with Crippen molar-refractivity contribution >= 4 is 23.2 Å². The second-order valence-corrected chi connectivity index (χ2v) is 3.82. The van der Waals surface area contributed by atoms with E-state index >= 15 is 0 Å². The van der Waals surface area contributed by atoms with Gasteiger partial charge in [0.05, 0.1) is 6.61 Å². The van der Waals surface area contributed by atoms with E-state index in [2.05, 4.69) is 6.58 Å². The van der Waals surface area contributed by atoms with Gasteiger partial charge >= 0.3 is 5.97 Å². The minimum absolute atomic E-state index is 0.0589. The molecule has 0 aliphatic heterocycles. The van der Waals surface area contributed by atoms with Gasteiger partial charge in [0, 0.05) is 24.5 Å². The van der Waals surface area contributed by atoms with Crippen molar-refractivity contribution in [1.82, 2.24) is 0 Å². The van der Waals surface area contributed by atoms with Gasteiger partial charge in [0.1, 0.15) is 0 Å². The van der Waals surface area contributed by atoms with E-state index in [0.717, 1.165) is 0 Å². The number of hydrogen-bond acceptors (Lipinski definition) is 4. The zero-order valence-corrected chi connectivity index (χ0v) is 10.4. The minimum atomic E-state index is -0.451. The van der Waals surface area contributed by atoms with E-state index in [0.29, 0.717) is 30.3 Å².